The van der Waals surface area contributed by atoms with Crippen LogP contribution in [0.1, 0.15) is 23.0 Å². The third-order valence-corrected chi connectivity index (χ3v) is 2.72. The average molecular weight is 265 g/mol. The first-order valence-corrected chi connectivity index (χ1v) is 5.99. The number of amidine groups is 1. The fourth-order valence-corrected chi connectivity index (χ4v) is 1.35. The number of hydrogen-bond acceptors (Lipinski definition) is 5. The number of nitrogens with zero attached hydrogens (tertiary/aromatic N) is 3. The number of carbonyl (C=O) groups excluding carboxylic acids is 1. The van der Waals surface area contributed by atoms with Crippen LogP contribution in [0, 0.1) is 0 Å². The van der Waals surface area contributed by atoms with E-state index in [9.17, 15) is 4.79 Å². The van der Waals surface area contributed by atoms with Gasteiger partial charge in [0.25, 0.3) is 5.91 Å². The standard InChI is InChI=1S/C12H19N5O2/c1-3-17(2)7-6-14-12(18)10-5-4-9(8-15-10)11(13)16-19/h4-5,8,19H,3,6-7H2,1-2H3,(H2,13,16)(H,14,18). The van der Waals surface area contributed by atoms with Crippen LogP contribution in [0.25, 0.3) is 0 Å². The molecule has 4 N–H and O–H groups in total. The summed E-state index contributed by atoms with van der Waals surface area (Å²) in [5.41, 5.74) is 6.17. The molecule has 7 heteroatoms. The second-order valence-corrected chi connectivity index (χ2v) is 4.07. The fourth-order valence-electron chi connectivity index (χ4n) is 1.35. The molecule has 1 amide bonds. The summed E-state index contributed by atoms with van der Waals surface area (Å²) in [4.78, 5) is 17.8. The summed E-state index contributed by atoms with van der Waals surface area (Å²) in [5, 5.41) is 14.1. The summed E-state index contributed by atoms with van der Waals surface area (Å²) in [6, 6.07) is 3.11. The van der Waals surface area contributed by atoms with Crippen LogP contribution in [0.15, 0.2) is 23.5 Å². The van der Waals surface area contributed by atoms with Crippen molar-refractivity contribution in [2.75, 3.05) is 26.7 Å². The summed E-state index contributed by atoms with van der Waals surface area (Å²) in [6.07, 6.45) is 1.39. The van der Waals surface area contributed by atoms with Gasteiger partial charge in [0.2, 0.25) is 0 Å². The number of oxime groups is 1. The highest BCUT2D eigenvalue weighted by atomic mass is 16.4. The molecular formula is C12H19N5O2. The number of carbonyl (C=O) groups is 1. The largest absolute Gasteiger partial charge is 0.409 e. The summed E-state index contributed by atoms with van der Waals surface area (Å²) in [5.74, 6) is -0.278. The Kier molecular flexibility index (Phi) is 5.74. The number of amides is 1. The van der Waals surface area contributed by atoms with Crippen LogP contribution in [0.2, 0.25) is 0 Å². The van der Waals surface area contributed by atoms with Crippen molar-refractivity contribution in [2.45, 2.75) is 6.92 Å². The molecule has 0 aromatic carbocycles. The molecule has 0 bridgehead atoms. The lowest BCUT2D eigenvalue weighted by Crippen LogP contribution is -2.33. The molecule has 1 aromatic rings. The number of pyridine rings is 1. The van der Waals surface area contributed by atoms with Gasteiger partial charge in [-0.05, 0) is 25.7 Å². The molecular weight excluding hydrogens is 246 g/mol. The van der Waals surface area contributed by atoms with Crippen molar-refractivity contribution in [2.24, 2.45) is 10.9 Å². The van der Waals surface area contributed by atoms with Crippen molar-refractivity contribution in [3.63, 3.8) is 0 Å². The van der Waals surface area contributed by atoms with Gasteiger partial charge in [0.05, 0.1) is 0 Å². The zero-order chi connectivity index (χ0) is 14.3. The van der Waals surface area contributed by atoms with E-state index in [0.717, 1.165) is 13.1 Å². The summed E-state index contributed by atoms with van der Waals surface area (Å²) >= 11 is 0. The lowest BCUT2D eigenvalue weighted by molar-refractivity contribution is 0.0945. The van der Waals surface area contributed by atoms with Gasteiger partial charge in [0.15, 0.2) is 5.84 Å². The molecule has 0 saturated heterocycles. The Balaban J connectivity index is 2.54. The van der Waals surface area contributed by atoms with E-state index in [4.69, 9.17) is 10.9 Å². The predicted octanol–water partition coefficient (Wildman–Crippen LogP) is -0.142. The molecule has 0 unspecified atom stereocenters. The molecule has 0 radical (unpaired) electrons. The smallest absolute Gasteiger partial charge is 0.269 e. The Morgan fingerprint density at radius 2 is 2.32 bits per heavy atom. The zero-order valence-electron chi connectivity index (χ0n) is 11.1. The second-order valence-electron chi connectivity index (χ2n) is 4.07. The van der Waals surface area contributed by atoms with Gasteiger partial charge in [0.1, 0.15) is 5.69 Å². The molecule has 1 heterocycles. The lowest BCUT2D eigenvalue weighted by atomic mass is 10.2. The molecule has 0 aliphatic rings. The molecule has 104 valence electrons. The first-order valence-electron chi connectivity index (χ1n) is 5.99. The predicted molar refractivity (Wildman–Crippen MR) is 72.3 cm³/mol. The van der Waals surface area contributed by atoms with Crippen molar-refractivity contribution in [1.29, 1.82) is 0 Å². The minimum absolute atomic E-state index is 0.0379. The molecule has 7 nitrogen and oxygen atoms in total. The van der Waals surface area contributed by atoms with Crippen molar-refractivity contribution in [3.05, 3.63) is 29.6 Å². The van der Waals surface area contributed by atoms with Gasteiger partial charge in [-0.15, -0.1) is 0 Å². The van der Waals surface area contributed by atoms with E-state index in [1.807, 2.05) is 7.05 Å². The zero-order valence-corrected chi connectivity index (χ0v) is 11.1. The van der Waals surface area contributed by atoms with Crippen molar-refractivity contribution in [3.8, 4) is 0 Å². The molecule has 0 saturated carbocycles. The normalized spacial score (nSPS) is 11.6. The first-order chi connectivity index (χ1) is 9.08. The van der Waals surface area contributed by atoms with Crippen LogP contribution in [-0.2, 0) is 0 Å². The maximum atomic E-state index is 11.8. The van der Waals surface area contributed by atoms with Crippen LogP contribution in [-0.4, -0.2) is 53.5 Å². The van der Waals surface area contributed by atoms with Crippen LogP contribution in [0.5, 0.6) is 0 Å². The number of nitrogens with one attached hydrogen (secondary N) is 1. The first kappa shape index (κ1) is 14.9. The van der Waals surface area contributed by atoms with E-state index >= 15 is 0 Å². The van der Waals surface area contributed by atoms with Gasteiger partial charge in [-0.1, -0.05) is 12.1 Å². The quantitative estimate of drug-likeness (QED) is 0.287. The highest BCUT2D eigenvalue weighted by Gasteiger charge is 2.08. The summed E-state index contributed by atoms with van der Waals surface area (Å²) in [7, 11) is 1.98. The molecule has 0 spiro atoms. The van der Waals surface area contributed by atoms with Gasteiger partial charge in [0, 0.05) is 24.8 Å². The summed E-state index contributed by atoms with van der Waals surface area (Å²) in [6.45, 7) is 4.33. The van der Waals surface area contributed by atoms with E-state index in [0.29, 0.717) is 17.8 Å². The van der Waals surface area contributed by atoms with E-state index in [2.05, 4.69) is 27.3 Å². The SMILES string of the molecule is CCN(C)CCNC(=O)c1ccc(C(N)=NO)cn1. The number of hydrogen-bond donors (Lipinski definition) is 3. The Morgan fingerprint density at radius 1 is 1.58 bits per heavy atom. The topological polar surface area (TPSA) is 104 Å². The van der Waals surface area contributed by atoms with Gasteiger partial charge in [-0.2, -0.15) is 0 Å². The van der Waals surface area contributed by atoms with Crippen molar-refractivity contribution >= 4 is 11.7 Å². The third-order valence-electron chi connectivity index (χ3n) is 2.72. The minimum Gasteiger partial charge on any atom is -0.409 e. The van der Waals surface area contributed by atoms with Gasteiger partial charge < -0.3 is 21.2 Å². The minimum atomic E-state index is -0.240. The van der Waals surface area contributed by atoms with Crippen LogP contribution in [0.3, 0.4) is 0 Å². The lowest BCUT2D eigenvalue weighted by Gasteiger charge is -2.13. The van der Waals surface area contributed by atoms with Crippen LogP contribution >= 0.6 is 0 Å². The van der Waals surface area contributed by atoms with Gasteiger partial charge in [-0.3, -0.25) is 9.78 Å². The highest BCUT2D eigenvalue weighted by molar-refractivity contribution is 5.98. The second kappa shape index (κ2) is 7.32. The summed E-state index contributed by atoms with van der Waals surface area (Å²) < 4.78 is 0. The monoisotopic (exact) mass is 265 g/mol. The number of nitrogens with two attached hydrogens (primary N) is 1. The molecule has 0 atom stereocenters. The molecule has 1 rings (SSSR count). The number of aromatic nitrogens is 1. The Bertz CT molecular complexity index is 444. The Labute approximate surface area is 112 Å². The van der Waals surface area contributed by atoms with E-state index in [1.54, 1.807) is 6.07 Å². The van der Waals surface area contributed by atoms with E-state index in [1.165, 1.54) is 12.3 Å². The fraction of sp³-hybridized carbons (Fsp3) is 0.417. The molecule has 1 aromatic heterocycles. The molecule has 0 aliphatic carbocycles. The van der Waals surface area contributed by atoms with Crippen molar-refractivity contribution < 1.29 is 10.0 Å². The van der Waals surface area contributed by atoms with Gasteiger partial charge >= 0.3 is 0 Å². The van der Waals surface area contributed by atoms with Crippen LogP contribution in [0.4, 0.5) is 0 Å². The average Bonchev–Trinajstić information content (AvgIpc) is 2.46. The van der Waals surface area contributed by atoms with Crippen molar-refractivity contribution in [1.82, 2.24) is 15.2 Å². The van der Waals surface area contributed by atoms with Gasteiger partial charge in [-0.25, -0.2) is 0 Å². The molecule has 0 fully saturated rings. The Morgan fingerprint density at radius 3 is 2.84 bits per heavy atom. The maximum absolute atomic E-state index is 11.8. The molecule has 0 aliphatic heterocycles. The third kappa shape index (κ3) is 4.55. The maximum Gasteiger partial charge on any atom is 0.269 e. The number of likely N-dealkylation sites (N-methyl/N-ethyl adjacent to an activating group) is 1. The van der Waals surface area contributed by atoms with Crippen LogP contribution < -0.4 is 11.1 Å². The molecule has 19 heavy (non-hydrogen) atoms. The number of rotatable bonds is 6. The highest BCUT2D eigenvalue weighted by Crippen LogP contribution is 2.00. The Hall–Kier alpha value is -2.15. The van der Waals surface area contributed by atoms with E-state index in [-0.39, 0.29) is 11.7 Å². The van der Waals surface area contributed by atoms with E-state index < -0.39 is 0 Å².